The van der Waals surface area contributed by atoms with Crippen LogP contribution in [0.25, 0.3) is 0 Å². The largest absolute Gasteiger partial charge is 0.494 e. The maximum atomic E-state index is 10.7. The molecule has 0 unspecified atom stereocenters. The molecule has 3 aromatic rings. The molecule has 0 saturated carbocycles. The van der Waals surface area contributed by atoms with Crippen LogP contribution in [-0.2, 0) is 17.6 Å². The number of hydrogen-bond donors (Lipinski definition) is 3. The number of aliphatic carboxylic acids is 1. The van der Waals surface area contributed by atoms with Gasteiger partial charge in [-0.1, -0.05) is 24.3 Å². The predicted molar refractivity (Wildman–Crippen MR) is 98.3 cm³/mol. The number of benzene rings is 2. The number of carbonyl (C=O) groups is 1. The molecule has 7 heteroatoms. The monoisotopic (exact) mass is 373 g/mol. The van der Waals surface area contributed by atoms with Crippen molar-refractivity contribution in [2.45, 2.75) is 12.8 Å². The van der Waals surface area contributed by atoms with Crippen LogP contribution in [0.3, 0.4) is 0 Å². The van der Waals surface area contributed by atoms with Crippen molar-refractivity contribution in [1.29, 1.82) is 0 Å². The number of ether oxygens (including phenoxy) is 1. The molecule has 25 heavy (non-hydrogen) atoms. The summed E-state index contributed by atoms with van der Waals surface area (Å²) in [5, 5.41) is 18.5. The van der Waals surface area contributed by atoms with E-state index in [1.807, 2.05) is 24.3 Å². The number of H-pyrrole nitrogens is 1. The fourth-order valence-electron chi connectivity index (χ4n) is 2.32. The molecule has 3 rings (SSSR count). The smallest absolute Gasteiger partial charge is 0.307 e. The van der Waals surface area contributed by atoms with E-state index in [0.717, 1.165) is 16.0 Å². The molecular weight excluding hydrogens is 358 g/mol. The van der Waals surface area contributed by atoms with Crippen LogP contribution in [0.1, 0.15) is 16.0 Å². The Bertz CT molecular complexity index is 927. The quantitative estimate of drug-likeness (QED) is 0.553. The van der Waals surface area contributed by atoms with E-state index in [9.17, 15) is 9.90 Å². The van der Waals surface area contributed by atoms with Crippen molar-refractivity contribution in [3.63, 3.8) is 0 Å². The van der Waals surface area contributed by atoms with Crippen molar-refractivity contribution in [2.75, 3.05) is 0 Å². The SMILES string of the molecule is O=C(O)Cc1ccc(Oc2ccc(Cc3sc(=S)[nH]c3O)cc2)cc1. The molecule has 0 spiro atoms. The van der Waals surface area contributed by atoms with Crippen LogP contribution in [0.4, 0.5) is 0 Å². The van der Waals surface area contributed by atoms with Crippen LogP contribution < -0.4 is 4.74 Å². The number of nitrogens with one attached hydrogen (secondary N) is 1. The van der Waals surface area contributed by atoms with Gasteiger partial charge >= 0.3 is 5.97 Å². The topological polar surface area (TPSA) is 82.5 Å². The molecule has 1 aromatic heterocycles. The van der Waals surface area contributed by atoms with Gasteiger partial charge in [-0.25, -0.2) is 0 Å². The van der Waals surface area contributed by atoms with Crippen LogP contribution in [0, 0.1) is 3.95 Å². The summed E-state index contributed by atoms with van der Waals surface area (Å²) in [6.07, 6.45) is 0.585. The first-order chi connectivity index (χ1) is 12.0. The number of aromatic hydroxyl groups is 1. The third kappa shape index (κ3) is 4.68. The number of thiazole rings is 1. The van der Waals surface area contributed by atoms with Gasteiger partial charge < -0.3 is 19.9 Å². The van der Waals surface area contributed by atoms with Crippen LogP contribution >= 0.6 is 23.6 Å². The van der Waals surface area contributed by atoms with Gasteiger partial charge in [-0.05, 0) is 47.6 Å². The molecule has 0 radical (unpaired) electrons. The minimum Gasteiger partial charge on any atom is -0.494 e. The van der Waals surface area contributed by atoms with E-state index in [0.29, 0.717) is 21.9 Å². The van der Waals surface area contributed by atoms with Gasteiger partial charge in [0.2, 0.25) is 5.88 Å². The number of carboxylic acid groups (broad SMARTS) is 1. The Kier molecular flexibility index (Phi) is 5.16. The summed E-state index contributed by atoms with van der Waals surface area (Å²) in [4.78, 5) is 14.2. The summed E-state index contributed by atoms with van der Waals surface area (Å²) in [6.45, 7) is 0. The molecule has 128 valence electrons. The van der Waals surface area contributed by atoms with E-state index in [1.165, 1.54) is 11.3 Å². The maximum absolute atomic E-state index is 10.7. The van der Waals surface area contributed by atoms with Crippen molar-refractivity contribution in [3.8, 4) is 17.4 Å². The first-order valence-corrected chi connectivity index (χ1v) is 8.70. The summed E-state index contributed by atoms with van der Waals surface area (Å²) >= 11 is 6.37. The van der Waals surface area contributed by atoms with Gasteiger partial charge in [-0.2, -0.15) is 0 Å². The summed E-state index contributed by atoms with van der Waals surface area (Å²) in [6, 6.07) is 14.5. The summed E-state index contributed by atoms with van der Waals surface area (Å²) in [7, 11) is 0. The fourth-order valence-corrected chi connectivity index (χ4v) is 3.48. The lowest BCUT2D eigenvalue weighted by atomic mass is 10.1. The first-order valence-electron chi connectivity index (χ1n) is 7.48. The number of aromatic amines is 1. The minimum atomic E-state index is -0.859. The Balaban J connectivity index is 1.65. The number of carboxylic acids is 1. The maximum Gasteiger partial charge on any atom is 0.307 e. The Hall–Kier alpha value is -2.64. The highest BCUT2D eigenvalue weighted by Crippen LogP contribution is 2.26. The number of rotatable bonds is 6. The van der Waals surface area contributed by atoms with Crippen LogP contribution in [0.2, 0.25) is 0 Å². The van der Waals surface area contributed by atoms with Gasteiger partial charge in [-0.15, -0.1) is 11.3 Å². The van der Waals surface area contributed by atoms with Gasteiger partial charge in [0, 0.05) is 6.42 Å². The van der Waals surface area contributed by atoms with Crippen molar-refractivity contribution in [3.05, 3.63) is 68.5 Å². The standard InChI is InChI=1S/C18H15NO4S2/c20-16(21)10-12-3-7-14(8-4-12)23-13-5-1-11(2-6-13)9-15-17(22)19-18(24)25-15/h1-8,22H,9-10H2,(H,19,24)(H,20,21). The average molecular weight is 373 g/mol. The van der Waals surface area contributed by atoms with Crippen LogP contribution in [-0.4, -0.2) is 21.2 Å². The zero-order valence-corrected chi connectivity index (χ0v) is 14.7. The van der Waals surface area contributed by atoms with E-state index < -0.39 is 5.97 Å². The van der Waals surface area contributed by atoms with Crippen molar-refractivity contribution < 1.29 is 19.7 Å². The summed E-state index contributed by atoms with van der Waals surface area (Å²) in [5.41, 5.74) is 1.76. The molecule has 2 aromatic carbocycles. The molecule has 3 N–H and O–H groups in total. The summed E-state index contributed by atoms with van der Waals surface area (Å²) < 4.78 is 6.31. The van der Waals surface area contributed by atoms with Crippen molar-refractivity contribution >= 4 is 29.5 Å². The van der Waals surface area contributed by atoms with Gasteiger partial charge in [-0.3, -0.25) is 4.79 Å². The normalized spacial score (nSPS) is 10.6. The zero-order chi connectivity index (χ0) is 17.8. The second-order valence-corrected chi connectivity index (χ2v) is 7.20. The van der Waals surface area contributed by atoms with Gasteiger partial charge in [0.1, 0.15) is 11.5 Å². The molecule has 0 aliphatic rings. The Morgan fingerprint density at radius 1 is 1.04 bits per heavy atom. The Morgan fingerprint density at radius 2 is 1.60 bits per heavy atom. The molecule has 0 fully saturated rings. The molecular formula is C18H15NO4S2. The minimum absolute atomic E-state index is 0.00597. The Morgan fingerprint density at radius 3 is 2.08 bits per heavy atom. The third-order valence-electron chi connectivity index (χ3n) is 3.50. The molecule has 5 nitrogen and oxygen atoms in total. The van der Waals surface area contributed by atoms with Crippen LogP contribution in [0.5, 0.6) is 17.4 Å². The fraction of sp³-hybridized carbons (Fsp3) is 0.111. The highest BCUT2D eigenvalue weighted by molar-refractivity contribution is 7.73. The molecule has 0 bridgehead atoms. The van der Waals surface area contributed by atoms with E-state index >= 15 is 0 Å². The second-order valence-electron chi connectivity index (χ2n) is 5.42. The molecule has 0 saturated heterocycles. The van der Waals surface area contributed by atoms with E-state index in [-0.39, 0.29) is 12.3 Å². The molecule has 0 aliphatic carbocycles. The van der Waals surface area contributed by atoms with Crippen molar-refractivity contribution in [2.24, 2.45) is 0 Å². The lowest BCUT2D eigenvalue weighted by molar-refractivity contribution is -0.136. The van der Waals surface area contributed by atoms with Gasteiger partial charge in [0.15, 0.2) is 3.95 Å². The molecule has 0 amide bonds. The number of aromatic nitrogens is 1. The zero-order valence-electron chi connectivity index (χ0n) is 13.1. The molecule has 0 aliphatic heterocycles. The van der Waals surface area contributed by atoms with Crippen molar-refractivity contribution in [1.82, 2.24) is 4.98 Å². The average Bonchev–Trinajstić information content (AvgIpc) is 2.88. The third-order valence-corrected chi connectivity index (χ3v) is 4.73. The van der Waals surface area contributed by atoms with Gasteiger partial charge in [0.25, 0.3) is 0 Å². The summed E-state index contributed by atoms with van der Waals surface area (Å²) in [5.74, 6) is 0.586. The highest BCUT2D eigenvalue weighted by atomic mass is 32.1. The van der Waals surface area contributed by atoms with E-state index in [4.69, 9.17) is 22.1 Å². The van der Waals surface area contributed by atoms with Gasteiger partial charge in [0.05, 0.1) is 11.3 Å². The van der Waals surface area contributed by atoms with E-state index in [1.54, 1.807) is 24.3 Å². The van der Waals surface area contributed by atoms with Crippen LogP contribution in [0.15, 0.2) is 48.5 Å². The lowest BCUT2D eigenvalue weighted by Crippen LogP contribution is -1.99. The lowest BCUT2D eigenvalue weighted by Gasteiger charge is -2.07. The molecule has 0 atom stereocenters. The highest BCUT2D eigenvalue weighted by Gasteiger charge is 2.07. The second kappa shape index (κ2) is 7.50. The predicted octanol–water partition coefficient (Wildman–Crippen LogP) is 4.52. The van der Waals surface area contributed by atoms with E-state index in [2.05, 4.69) is 4.98 Å². The Labute approximate surface area is 153 Å². The first kappa shape index (κ1) is 17.2. The molecule has 1 heterocycles. The number of hydrogen-bond acceptors (Lipinski definition) is 5.